The molecule has 2 rings (SSSR count). The third-order valence-corrected chi connectivity index (χ3v) is 5.15. The van der Waals surface area contributed by atoms with Gasteiger partial charge in [0.25, 0.3) is 0 Å². The van der Waals surface area contributed by atoms with Gasteiger partial charge in [-0.25, -0.2) is 8.42 Å². The lowest BCUT2D eigenvalue weighted by Gasteiger charge is -2.32. The van der Waals surface area contributed by atoms with E-state index in [-0.39, 0.29) is 5.78 Å². The number of sulfonamides is 1. The molecule has 0 atom stereocenters. The van der Waals surface area contributed by atoms with Gasteiger partial charge in [-0.2, -0.15) is 4.31 Å². The van der Waals surface area contributed by atoms with E-state index >= 15 is 0 Å². The Morgan fingerprint density at radius 1 is 1.10 bits per heavy atom. The van der Waals surface area contributed by atoms with E-state index in [0.29, 0.717) is 32.7 Å². The predicted molar refractivity (Wildman–Crippen MR) is 83.0 cm³/mol. The van der Waals surface area contributed by atoms with E-state index in [1.54, 1.807) is 0 Å². The molecule has 0 spiro atoms. The van der Waals surface area contributed by atoms with Gasteiger partial charge in [0.2, 0.25) is 10.0 Å². The van der Waals surface area contributed by atoms with Gasteiger partial charge < -0.3 is 0 Å². The zero-order chi connectivity index (χ0) is 15.5. The van der Waals surface area contributed by atoms with Crippen molar-refractivity contribution >= 4 is 15.8 Å². The van der Waals surface area contributed by atoms with Crippen LogP contribution in [0.3, 0.4) is 0 Å². The van der Waals surface area contributed by atoms with Crippen molar-refractivity contribution in [2.24, 2.45) is 0 Å². The number of hydrogen-bond acceptors (Lipinski definition) is 4. The first-order valence-electron chi connectivity index (χ1n) is 7.19. The molecular formula is C15H22N2O3S. The quantitative estimate of drug-likeness (QED) is 0.762. The molecule has 0 aromatic heterocycles. The molecule has 21 heavy (non-hydrogen) atoms. The Labute approximate surface area is 126 Å². The zero-order valence-corrected chi connectivity index (χ0v) is 13.4. The molecule has 1 saturated heterocycles. The molecule has 5 nitrogen and oxygen atoms in total. The van der Waals surface area contributed by atoms with E-state index in [9.17, 15) is 13.2 Å². The first-order chi connectivity index (χ1) is 9.90. The fourth-order valence-electron chi connectivity index (χ4n) is 2.44. The maximum Gasteiger partial charge on any atom is 0.211 e. The van der Waals surface area contributed by atoms with E-state index in [4.69, 9.17) is 0 Å². The summed E-state index contributed by atoms with van der Waals surface area (Å²) in [6.45, 7) is 4.56. The number of aryl methyl sites for hydroxylation is 1. The molecule has 0 bridgehead atoms. The largest absolute Gasteiger partial charge is 0.293 e. The Balaban J connectivity index is 1.89. The first kappa shape index (κ1) is 16.1. The van der Waals surface area contributed by atoms with Crippen molar-refractivity contribution in [3.63, 3.8) is 0 Å². The maximum absolute atomic E-state index is 12.2. The van der Waals surface area contributed by atoms with Crippen molar-refractivity contribution in [2.45, 2.75) is 13.3 Å². The average Bonchev–Trinajstić information content (AvgIpc) is 2.47. The number of hydrogen-bond donors (Lipinski definition) is 0. The highest BCUT2D eigenvalue weighted by molar-refractivity contribution is 7.88. The summed E-state index contributed by atoms with van der Waals surface area (Å²) in [6.07, 6.45) is 2.19. The first-order valence-corrected chi connectivity index (χ1v) is 9.04. The molecule has 1 aliphatic rings. The van der Waals surface area contributed by atoms with Crippen LogP contribution in [0.2, 0.25) is 0 Å². The standard InChI is InChI=1S/C15H22N2O3S/c1-3-13-4-6-14(7-5-13)15(18)12-16-8-10-17(11-9-16)21(2,19)20/h4-7H,3,8-12H2,1-2H3. The molecule has 1 aromatic rings. The number of ketones is 1. The van der Waals surface area contributed by atoms with Crippen LogP contribution < -0.4 is 0 Å². The summed E-state index contributed by atoms with van der Waals surface area (Å²) in [5.41, 5.74) is 1.94. The minimum Gasteiger partial charge on any atom is -0.293 e. The second kappa shape index (κ2) is 6.68. The SMILES string of the molecule is CCc1ccc(C(=O)CN2CCN(S(C)(=O)=O)CC2)cc1. The molecular weight excluding hydrogens is 288 g/mol. The van der Waals surface area contributed by atoms with Crippen LogP contribution in [0.15, 0.2) is 24.3 Å². The van der Waals surface area contributed by atoms with Gasteiger partial charge in [0, 0.05) is 31.7 Å². The summed E-state index contributed by atoms with van der Waals surface area (Å²) in [6, 6.07) is 7.70. The van der Waals surface area contributed by atoms with Crippen LogP contribution in [-0.2, 0) is 16.4 Å². The molecule has 1 aliphatic heterocycles. The van der Waals surface area contributed by atoms with Crippen molar-refractivity contribution in [3.8, 4) is 0 Å². The summed E-state index contributed by atoms with van der Waals surface area (Å²) in [7, 11) is -3.12. The van der Waals surface area contributed by atoms with Crippen LogP contribution >= 0.6 is 0 Å². The Morgan fingerprint density at radius 3 is 2.14 bits per heavy atom. The summed E-state index contributed by atoms with van der Waals surface area (Å²) >= 11 is 0. The second-order valence-electron chi connectivity index (χ2n) is 5.41. The summed E-state index contributed by atoms with van der Waals surface area (Å²) in [5.74, 6) is 0.0884. The van der Waals surface area contributed by atoms with Gasteiger partial charge in [-0.15, -0.1) is 0 Å². The van der Waals surface area contributed by atoms with Crippen LogP contribution in [-0.4, -0.2) is 62.4 Å². The fourth-order valence-corrected chi connectivity index (χ4v) is 3.27. The molecule has 0 aliphatic carbocycles. The summed E-state index contributed by atoms with van der Waals surface area (Å²) in [5, 5.41) is 0. The van der Waals surface area contributed by atoms with E-state index in [1.807, 2.05) is 29.2 Å². The van der Waals surface area contributed by atoms with Crippen LogP contribution in [0.4, 0.5) is 0 Å². The van der Waals surface area contributed by atoms with Gasteiger partial charge in [-0.3, -0.25) is 9.69 Å². The van der Waals surface area contributed by atoms with Crippen molar-refractivity contribution in [3.05, 3.63) is 35.4 Å². The Bertz CT molecular complexity index is 588. The Hall–Kier alpha value is -1.24. The maximum atomic E-state index is 12.2. The van der Waals surface area contributed by atoms with E-state index in [1.165, 1.54) is 16.1 Å². The molecule has 116 valence electrons. The number of rotatable bonds is 5. The highest BCUT2D eigenvalue weighted by Crippen LogP contribution is 2.09. The van der Waals surface area contributed by atoms with Crippen molar-refractivity contribution in [1.29, 1.82) is 0 Å². The average molecular weight is 310 g/mol. The number of carbonyl (C=O) groups excluding carboxylic acids is 1. The summed E-state index contributed by atoms with van der Waals surface area (Å²) < 4.78 is 24.3. The molecule has 0 saturated carbocycles. The minimum absolute atomic E-state index is 0.0884. The van der Waals surface area contributed by atoms with Gasteiger partial charge in [0.1, 0.15) is 0 Å². The lowest BCUT2D eigenvalue weighted by atomic mass is 10.1. The van der Waals surface area contributed by atoms with Crippen LogP contribution in [0, 0.1) is 0 Å². The third-order valence-electron chi connectivity index (χ3n) is 3.85. The lowest BCUT2D eigenvalue weighted by molar-refractivity contribution is 0.0902. The van der Waals surface area contributed by atoms with E-state index < -0.39 is 10.0 Å². The molecule has 6 heteroatoms. The van der Waals surface area contributed by atoms with Crippen LogP contribution in [0.25, 0.3) is 0 Å². The zero-order valence-electron chi connectivity index (χ0n) is 12.6. The minimum atomic E-state index is -3.12. The van der Waals surface area contributed by atoms with Crippen molar-refractivity contribution in [2.75, 3.05) is 39.0 Å². The topological polar surface area (TPSA) is 57.7 Å². The van der Waals surface area contributed by atoms with Gasteiger partial charge in [-0.1, -0.05) is 31.2 Å². The smallest absolute Gasteiger partial charge is 0.211 e. The second-order valence-corrected chi connectivity index (χ2v) is 7.39. The lowest BCUT2D eigenvalue weighted by Crippen LogP contribution is -2.49. The number of benzene rings is 1. The molecule has 0 unspecified atom stereocenters. The van der Waals surface area contributed by atoms with Crippen molar-refractivity contribution < 1.29 is 13.2 Å². The van der Waals surface area contributed by atoms with Crippen LogP contribution in [0.5, 0.6) is 0 Å². The van der Waals surface area contributed by atoms with E-state index in [2.05, 4.69) is 6.92 Å². The highest BCUT2D eigenvalue weighted by atomic mass is 32.2. The van der Waals surface area contributed by atoms with Gasteiger partial charge in [0.05, 0.1) is 12.8 Å². The number of Topliss-reactive ketones (excluding diaryl/α,β-unsaturated/α-hetero) is 1. The molecule has 1 fully saturated rings. The molecule has 1 heterocycles. The molecule has 0 amide bonds. The normalized spacial score (nSPS) is 17.8. The number of nitrogens with zero attached hydrogens (tertiary/aromatic N) is 2. The van der Waals surface area contributed by atoms with Gasteiger partial charge in [0.15, 0.2) is 5.78 Å². The van der Waals surface area contributed by atoms with Crippen LogP contribution in [0.1, 0.15) is 22.8 Å². The molecule has 0 radical (unpaired) electrons. The van der Waals surface area contributed by atoms with E-state index in [0.717, 1.165) is 12.0 Å². The van der Waals surface area contributed by atoms with Gasteiger partial charge >= 0.3 is 0 Å². The fraction of sp³-hybridized carbons (Fsp3) is 0.533. The number of piperazine rings is 1. The monoisotopic (exact) mass is 310 g/mol. The molecule has 1 aromatic carbocycles. The predicted octanol–water partition coefficient (Wildman–Crippen LogP) is 1.01. The third kappa shape index (κ3) is 4.36. The number of carbonyl (C=O) groups is 1. The Morgan fingerprint density at radius 2 is 1.67 bits per heavy atom. The highest BCUT2D eigenvalue weighted by Gasteiger charge is 2.24. The van der Waals surface area contributed by atoms with Gasteiger partial charge in [-0.05, 0) is 12.0 Å². The Kier molecular flexibility index (Phi) is 5.13. The van der Waals surface area contributed by atoms with Crippen molar-refractivity contribution in [1.82, 2.24) is 9.21 Å². The summed E-state index contributed by atoms with van der Waals surface area (Å²) in [4.78, 5) is 14.2. The molecule has 0 N–H and O–H groups in total.